The van der Waals surface area contributed by atoms with Crippen molar-refractivity contribution in [2.75, 3.05) is 11.4 Å². The lowest BCUT2D eigenvalue weighted by Crippen LogP contribution is -2.24. The average molecular weight is 930 g/mol. The van der Waals surface area contributed by atoms with Crippen LogP contribution in [-0.4, -0.2) is 48.2 Å². The molecule has 3 N–H and O–H groups in total. The highest BCUT2D eigenvalue weighted by molar-refractivity contribution is 7.86. The van der Waals surface area contributed by atoms with E-state index in [0.29, 0.717) is 68.4 Å². The van der Waals surface area contributed by atoms with Gasteiger partial charge in [0.2, 0.25) is 17.8 Å². The lowest BCUT2D eigenvalue weighted by molar-refractivity contribution is -0.136. The molecule has 0 bridgehead atoms. The first kappa shape index (κ1) is 47.2. The molecule has 0 fully saturated rings. The molecular formula is C49H41N10O8S+. The van der Waals surface area contributed by atoms with E-state index in [0.717, 1.165) is 22.3 Å². The molecule has 7 aromatic carbocycles. The number of hydrogen-bond donors (Lipinski definition) is 3. The number of phenols is 1. The number of benzene rings is 7. The van der Waals surface area contributed by atoms with Crippen LogP contribution in [0.3, 0.4) is 0 Å². The molecule has 0 aromatic heterocycles. The van der Waals surface area contributed by atoms with Crippen molar-refractivity contribution in [3.8, 4) is 5.75 Å². The molecule has 0 spiro atoms. The van der Waals surface area contributed by atoms with Crippen molar-refractivity contribution in [1.82, 2.24) is 4.58 Å². The van der Waals surface area contributed by atoms with Gasteiger partial charge in [0.05, 0.1) is 40.5 Å². The molecule has 7 aromatic rings. The lowest BCUT2D eigenvalue weighted by Gasteiger charge is -2.16. The number of aromatic hydroxyl groups is 1. The normalized spacial score (nSPS) is 11.8. The molecule has 0 aliphatic rings. The van der Waals surface area contributed by atoms with Gasteiger partial charge in [-0.2, -0.15) is 43.9 Å². The van der Waals surface area contributed by atoms with Crippen LogP contribution in [0.1, 0.15) is 28.7 Å². The monoisotopic (exact) mass is 929 g/mol. The summed E-state index contributed by atoms with van der Waals surface area (Å²) in [6.07, 6.45) is 2.24. The summed E-state index contributed by atoms with van der Waals surface area (Å²) in [6, 6.07) is 34.8. The van der Waals surface area contributed by atoms with Gasteiger partial charge in [-0.1, -0.05) is 22.8 Å². The number of hydrogen-bond acceptors (Lipinski definition) is 14. The maximum Gasteiger partial charge on any atom is 0.437 e. The zero-order valence-electron chi connectivity index (χ0n) is 36.9. The van der Waals surface area contributed by atoms with Crippen molar-refractivity contribution in [3.05, 3.63) is 150 Å². The topological polar surface area (TPSA) is 251 Å². The Hall–Kier alpha value is -8.77. The van der Waals surface area contributed by atoms with Gasteiger partial charge in [0.15, 0.2) is 5.75 Å². The van der Waals surface area contributed by atoms with Gasteiger partial charge in [-0.15, -0.1) is 10.2 Å². The third kappa shape index (κ3) is 11.2. The van der Waals surface area contributed by atoms with Crippen LogP contribution in [0.4, 0.5) is 62.6 Å². The van der Waals surface area contributed by atoms with Crippen LogP contribution in [0.15, 0.2) is 173 Å². The van der Waals surface area contributed by atoms with E-state index in [1.165, 1.54) is 27.7 Å². The van der Waals surface area contributed by atoms with Crippen LogP contribution in [0.25, 0.3) is 10.8 Å². The number of carboxylic acid groups (broad SMARTS) is 1. The second-order valence-corrected chi connectivity index (χ2v) is 16.7. The van der Waals surface area contributed by atoms with Gasteiger partial charge in [0.25, 0.3) is 10.1 Å². The fraction of sp³-hybridized carbons (Fsp3) is 0.122. The van der Waals surface area contributed by atoms with Crippen LogP contribution < -0.4 is 9.48 Å². The fourth-order valence-electron chi connectivity index (χ4n) is 6.84. The molecule has 0 heterocycles. The number of fused-ring (bicyclic) bond motifs is 1. The molecule has 19 heteroatoms. The van der Waals surface area contributed by atoms with Gasteiger partial charge >= 0.3 is 12.0 Å². The Balaban J connectivity index is 0.997. The molecule has 18 nitrogen and oxygen atoms in total. The summed E-state index contributed by atoms with van der Waals surface area (Å²) in [5, 5.41) is 56.0. The number of carbonyl (C=O) groups is 2. The summed E-state index contributed by atoms with van der Waals surface area (Å²) in [6.45, 7) is 7.43. The minimum Gasteiger partial charge on any atom is -0.505 e. The van der Waals surface area contributed by atoms with E-state index in [1.807, 2.05) is 52.0 Å². The summed E-state index contributed by atoms with van der Waals surface area (Å²) in [5.41, 5.74) is 8.22. The fourth-order valence-corrected chi connectivity index (χ4v) is 7.47. The first-order valence-electron chi connectivity index (χ1n) is 20.7. The molecular weight excluding hydrogens is 889 g/mol. The summed E-state index contributed by atoms with van der Waals surface area (Å²) < 4.78 is 34.1. The minimum absolute atomic E-state index is 0.00356. The molecule has 0 aliphatic heterocycles. The predicted molar refractivity (Wildman–Crippen MR) is 256 cm³/mol. The number of nitrogens with zero attached hydrogens (tertiary/aromatic N) is 10. The number of anilines is 1. The molecule has 0 saturated heterocycles. The molecule has 0 unspecified atom stereocenters. The molecule has 1 amide bonds. The second-order valence-electron chi connectivity index (χ2n) is 15.3. The van der Waals surface area contributed by atoms with Crippen LogP contribution in [-0.2, 0) is 24.5 Å². The Labute approximate surface area is 389 Å². The third-order valence-electron chi connectivity index (χ3n) is 10.5. The van der Waals surface area contributed by atoms with E-state index >= 15 is 0 Å². The van der Waals surface area contributed by atoms with Crippen molar-refractivity contribution >= 4 is 102 Å². The Morgan fingerprint density at radius 2 is 1.13 bits per heavy atom. The van der Waals surface area contributed by atoms with Gasteiger partial charge in [-0.25, -0.2) is 0 Å². The number of carbonyl (C=O) groups excluding carboxylic acids is 2. The van der Waals surface area contributed by atoms with Gasteiger partial charge in [-0.05, 0) is 140 Å². The maximum absolute atomic E-state index is 12.1. The Bertz CT molecular complexity index is 3400. The molecule has 0 atom stereocenters. The number of azo groups is 4. The zero-order chi connectivity index (χ0) is 48.5. The summed E-state index contributed by atoms with van der Waals surface area (Å²) in [7, 11) is -4.46. The minimum atomic E-state index is -4.46. The first-order chi connectivity index (χ1) is 32.6. The number of aryl methyl sites for hydroxylation is 4. The van der Waals surface area contributed by atoms with Crippen LogP contribution in [0.2, 0.25) is 0 Å². The number of amides is 1. The van der Waals surface area contributed by atoms with Gasteiger partial charge in [0.1, 0.15) is 16.3 Å². The van der Waals surface area contributed by atoms with Gasteiger partial charge in [-0.3, -0.25) is 14.1 Å². The van der Waals surface area contributed by atoms with Crippen LogP contribution in [0, 0.1) is 27.7 Å². The maximum atomic E-state index is 12.1. The van der Waals surface area contributed by atoms with Crippen molar-refractivity contribution < 1.29 is 37.6 Å². The Morgan fingerprint density at radius 3 is 1.71 bits per heavy atom. The van der Waals surface area contributed by atoms with E-state index in [2.05, 4.69) is 40.9 Å². The number of aliphatic carboxylic acids is 1. The SMILES string of the molecule is Cc1cc(N=Nc2cc(C)c(N=Nc3ccc4cc([N+](=C=O)c5ccc(N(C=O)CCC(=O)O)cc5)ccc4c3O)cc2C)ccc1N=Nc1ccc(N=Nc2ccccc2S(=O)(=O)O)c(C)c1. The quantitative estimate of drug-likeness (QED) is 0.0209. The lowest BCUT2D eigenvalue weighted by atomic mass is 10.1. The molecule has 68 heavy (non-hydrogen) atoms. The van der Waals surface area contributed by atoms with E-state index in [9.17, 15) is 32.5 Å². The highest BCUT2D eigenvalue weighted by atomic mass is 32.2. The summed E-state index contributed by atoms with van der Waals surface area (Å²) >= 11 is 0. The average Bonchev–Trinajstić information content (AvgIpc) is 3.31. The van der Waals surface area contributed by atoms with Crippen molar-refractivity contribution in [2.45, 2.75) is 39.0 Å². The second kappa shape index (κ2) is 20.6. The number of phenolic OH excluding ortho intramolecular Hbond substituents is 1. The van der Waals surface area contributed by atoms with E-state index < -0.39 is 16.1 Å². The van der Waals surface area contributed by atoms with Gasteiger partial charge < -0.3 is 15.1 Å². The van der Waals surface area contributed by atoms with Crippen molar-refractivity contribution in [3.63, 3.8) is 0 Å². The molecule has 340 valence electrons. The largest absolute Gasteiger partial charge is 0.505 e. The first-order valence-corrected chi connectivity index (χ1v) is 22.1. The predicted octanol–water partition coefficient (Wildman–Crippen LogP) is 13.3. The van der Waals surface area contributed by atoms with Crippen LogP contribution >= 0.6 is 0 Å². The molecule has 0 radical (unpaired) electrons. The van der Waals surface area contributed by atoms with Crippen molar-refractivity contribution in [1.29, 1.82) is 0 Å². The highest BCUT2D eigenvalue weighted by Crippen LogP contribution is 2.39. The Morgan fingerprint density at radius 1 is 0.618 bits per heavy atom. The van der Waals surface area contributed by atoms with E-state index in [4.69, 9.17) is 5.11 Å². The van der Waals surface area contributed by atoms with Crippen molar-refractivity contribution in [2.24, 2.45) is 40.9 Å². The van der Waals surface area contributed by atoms with Crippen LogP contribution in [0.5, 0.6) is 5.75 Å². The standard InChI is InChI=1S/C49H40N10O8S/c1-30-23-36(10-19-41(30)52-50-35-11-20-42(31(2)24-35)53-54-43-7-5-6-8-47(43)68(65,66)67)51-56-45-25-33(4)46(26-32(45)3)57-55-44-18-9-34-27-39(16-17-40(34)49(44)64)59(29-61)38-14-12-37(13-15-38)58(28-60)22-21-48(62)63/h5-20,23-28H,21-22H2,1-4H3,(H2-,50,51,54,57,62,63,64,65,66,67)/p+1. The smallest absolute Gasteiger partial charge is 0.437 e. The molecule has 0 aliphatic carbocycles. The third-order valence-corrected chi connectivity index (χ3v) is 11.4. The number of rotatable bonds is 16. The molecule has 7 rings (SSSR count). The number of isocyanates is 1. The number of carboxylic acids is 1. The van der Waals surface area contributed by atoms with E-state index in [-0.39, 0.29) is 35.0 Å². The Kier molecular flexibility index (Phi) is 14.3. The van der Waals surface area contributed by atoms with E-state index in [1.54, 1.807) is 91.0 Å². The highest BCUT2D eigenvalue weighted by Gasteiger charge is 2.19. The summed E-state index contributed by atoms with van der Waals surface area (Å²) in [4.78, 5) is 35.5. The zero-order valence-corrected chi connectivity index (χ0v) is 37.7. The summed E-state index contributed by atoms with van der Waals surface area (Å²) in [5.74, 6) is -1.13. The molecule has 0 saturated carbocycles. The van der Waals surface area contributed by atoms with Gasteiger partial charge in [0, 0.05) is 41.9 Å².